The van der Waals surface area contributed by atoms with Crippen LogP contribution in [0.4, 0.5) is 5.69 Å². The summed E-state index contributed by atoms with van der Waals surface area (Å²) in [6, 6.07) is 7.40. The Bertz CT molecular complexity index is 665. The summed E-state index contributed by atoms with van der Waals surface area (Å²) in [5.74, 6) is 0. The number of halogens is 2. The Balaban J connectivity index is 2.07. The highest BCUT2D eigenvalue weighted by atomic mass is 35.5. The Hall–Kier alpha value is -1.30. The van der Waals surface area contributed by atoms with Crippen molar-refractivity contribution in [1.29, 1.82) is 0 Å². The number of hydrogen-bond donors (Lipinski definition) is 2. The van der Waals surface area contributed by atoms with Crippen molar-refractivity contribution in [1.82, 2.24) is 15.1 Å². The van der Waals surface area contributed by atoms with Crippen LogP contribution in [0.15, 0.2) is 36.7 Å². The van der Waals surface area contributed by atoms with E-state index >= 15 is 0 Å². The van der Waals surface area contributed by atoms with Gasteiger partial charge >= 0.3 is 0 Å². The average Bonchev–Trinajstić information content (AvgIpc) is 2.95. The SMILES string of the molecule is CC(C)(C)C(Cn1cccn1)NC(=S)Nc1cccc(Cl)c1Cl. The van der Waals surface area contributed by atoms with Crippen molar-refractivity contribution in [3.05, 3.63) is 46.7 Å². The molecule has 0 aliphatic heterocycles. The van der Waals surface area contributed by atoms with Crippen LogP contribution < -0.4 is 10.6 Å². The van der Waals surface area contributed by atoms with Crippen LogP contribution in [0.2, 0.25) is 10.0 Å². The summed E-state index contributed by atoms with van der Waals surface area (Å²) in [6.07, 6.45) is 3.70. The number of thiocarbonyl (C=S) groups is 1. The summed E-state index contributed by atoms with van der Waals surface area (Å²) in [7, 11) is 0. The van der Waals surface area contributed by atoms with E-state index < -0.39 is 0 Å². The maximum Gasteiger partial charge on any atom is 0.171 e. The molecular weight excluding hydrogens is 351 g/mol. The molecule has 1 aromatic carbocycles. The largest absolute Gasteiger partial charge is 0.357 e. The van der Waals surface area contributed by atoms with E-state index in [2.05, 4.69) is 36.5 Å². The molecule has 0 saturated heterocycles. The first-order valence-corrected chi connectivity index (χ1v) is 8.43. The second kappa shape index (κ2) is 7.51. The fourth-order valence-electron chi connectivity index (χ4n) is 2.05. The summed E-state index contributed by atoms with van der Waals surface area (Å²) >= 11 is 17.6. The van der Waals surface area contributed by atoms with Crippen molar-refractivity contribution in [2.45, 2.75) is 33.4 Å². The molecule has 0 amide bonds. The van der Waals surface area contributed by atoms with Crippen LogP contribution in [0, 0.1) is 5.41 Å². The van der Waals surface area contributed by atoms with Crippen LogP contribution in [-0.4, -0.2) is 20.9 Å². The molecule has 0 aliphatic carbocycles. The molecule has 1 atom stereocenters. The molecule has 124 valence electrons. The standard InChI is InChI=1S/C16H20Cl2N4S/c1-16(2,3)13(10-22-9-5-8-19-22)21-15(23)20-12-7-4-6-11(17)14(12)18/h4-9,13H,10H2,1-3H3,(H2,20,21,23). The third-order valence-electron chi connectivity index (χ3n) is 3.48. The van der Waals surface area contributed by atoms with Gasteiger partial charge in [-0.25, -0.2) is 0 Å². The lowest BCUT2D eigenvalue weighted by molar-refractivity contribution is 0.262. The first-order chi connectivity index (χ1) is 10.8. The van der Waals surface area contributed by atoms with Crippen molar-refractivity contribution >= 4 is 46.2 Å². The molecule has 0 radical (unpaired) electrons. The lowest BCUT2D eigenvalue weighted by Crippen LogP contribution is -2.48. The fraction of sp³-hybridized carbons (Fsp3) is 0.375. The van der Waals surface area contributed by atoms with Crippen LogP contribution in [-0.2, 0) is 6.54 Å². The summed E-state index contributed by atoms with van der Waals surface area (Å²) < 4.78 is 1.89. The van der Waals surface area contributed by atoms with Gasteiger partial charge in [-0.2, -0.15) is 5.10 Å². The van der Waals surface area contributed by atoms with Gasteiger partial charge in [0, 0.05) is 12.4 Å². The zero-order valence-corrected chi connectivity index (χ0v) is 15.6. The van der Waals surface area contributed by atoms with Crippen LogP contribution in [0.5, 0.6) is 0 Å². The number of hydrogen-bond acceptors (Lipinski definition) is 2. The normalized spacial score (nSPS) is 12.7. The molecule has 2 rings (SSSR count). The minimum atomic E-state index is -0.00415. The van der Waals surface area contributed by atoms with E-state index in [0.717, 1.165) is 0 Å². The second-order valence-electron chi connectivity index (χ2n) is 6.35. The number of aromatic nitrogens is 2. The lowest BCUT2D eigenvalue weighted by atomic mass is 9.87. The molecule has 0 fully saturated rings. The fourth-order valence-corrected chi connectivity index (χ4v) is 2.65. The topological polar surface area (TPSA) is 41.9 Å². The van der Waals surface area contributed by atoms with Crippen molar-refractivity contribution in [3.63, 3.8) is 0 Å². The average molecular weight is 371 g/mol. The highest BCUT2D eigenvalue weighted by Gasteiger charge is 2.26. The van der Waals surface area contributed by atoms with E-state index in [1.165, 1.54) is 0 Å². The number of nitrogens with zero attached hydrogens (tertiary/aromatic N) is 2. The van der Waals surface area contributed by atoms with Crippen LogP contribution in [0.3, 0.4) is 0 Å². The minimum Gasteiger partial charge on any atom is -0.357 e. The zero-order valence-electron chi connectivity index (χ0n) is 13.3. The van der Waals surface area contributed by atoms with Crippen LogP contribution >= 0.6 is 35.4 Å². The summed E-state index contributed by atoms with van der Waals surface area (Å²) in [6.45, 7) is 7.18. The Morgan fingerprint density at radius 3 is 2.65 bits per heavy atom. The molecule has 0 saturated carbocycles. The van der Waals surface area contributed by atoms with Gasteiger partial charge in [0.1, 0.15) is 0 Å². The Morgan fingerprint density at radius 2 is 2.04 bits per heavy atom. The van der Waals surface area contributed by atoms with Gasteiger partial charge in [0.25, 0.3) is 0 Å². The number of rotatable bonds is 4. The predicted molar refractivity (Wildman–Crippen MR) is 101 cm³/mol. The van der Waals surface area contributed by atoms with E-state index in [1.54, 1.807) is 12.3 Å². The lowest BCUT2D eigenvalue weighted by Gasteiger charge is -2.32. The summed E-state index contributed by atoms with van der Waals surface area (Å²) in [5, 5.41) is 12.2. The Kier molecular flexibility index (Phi) is 5.89. The molecule has 7 heteroatoms. The summed E-state index contributed by atoms with van der Waals surface area (Å²) in [5.41, 5.74) is 0.680. The smallest absolute Gasteiger partial charge is 0.171 e. The molecule has 0 bridgehead atoms. The molecule has 1 aromatic heterocycles. The molecule has 1 heterocycles. The van der Waals surface area contributed by atoms with Gasteiger partial charge in [-0.15, -0.1) is 0 Å². The van der Waals surface area contributed by atoms with E-state index in [9.17, 15) is 0 Å². The first kappa shape index (κ1) is 18.0. The van der Waals surface area contributed by atoms with Crippen molar-refractivity contribution in [3.8, 4) is 0 Å². The Labute approximate surface area is 152 Å². The van der Waals surface area contributed by atoms with Crippen LogP contribution in [0.25, 0.3) is 0 Å². The van der Waals surface area contributed by atoms with Gasteiger partial charge in [0.2, 0.25) is 0 Å². The highest BCUT2D eigenvalue weighted by Crippen LogP contribution is 2.29. The molecular formula is C16H20Cl2N4S. The van der Waals surface area contributed by atoms with E-state index in [-0.39, 0.29) is 11.5 Å². The van der Waals surface area contributed by atoms with Gasteiger partial charge in [-0.05, 0) is 35.8 Å². The maximum atomic E-state index is 6.18. The highest BCUT2D eigenvalue weighted by molar-refractivity contribution is 7.80. The number of anilines is 1. The monoisotopic (exact) mass is 370 g/mol. The minimum absolute atomic E-state index is 0.00415. The molecule has 2 aromatic rings. The van der Waals surface area contributed by atoms with E-state index in [1.807, 2.05) is 29.1 Å². The van der Waals surface area contributed by atoms with Crippen molar-refractivity contribution in [2.24, 2.45) is 5.41 Å². The third kappa shape index (κ3) is 5.09. The zero-order chi connectivity index (χ0) is 17.0. The van der Waals surface area contributed by atoms with Crippen LogP contribution in [0.1, 0.15) is 20.8 Å². The van der Waals surface area contributed by atoms with Gasteiger partial charge < -0.3 is 10.6 Å². The number of nitrogens with one attached hydrogen (secondary N) is 2. The van der Waals surface area contributed by atoms with E-state index in [0.29, 0.717) is 27.4 Å². The Morgan fingerprint density at radius 1 is 1.30 bits per heavy atom. The first-order valence-electron chi connectivity index (χ1n) is 7.26. The quantitative estimate of drug-likeness (QED) is 0.772. The maximum absolute atomic E-state index is 6.18. The second-order valence-corrected chi connectivity index (χ2v) is 7.54. The van der Waals surface area contributed by atoms with Gasteiger partial charge in [0.15, 0.2) is 5.11 Å². The molecule has 2 N–H and O–H groups in total. The predicted octanol–water partition coefficient (Wildman–Crippen LogP) is 4.59. The van der Waals surface area contributed by atoms with E-state index in [4.69, 9.17) is 35.4 Å². The van der Waals surface area contributed by atoms with Gasteiger partial charge in [-0.3, -0.25) is 4.68 Å². The number of benzene rings is 1. The molecule has 1 unspecified atom stereocenters. The van der Waals surface area contributed by atoms with Crippen molar-refractivity contribution < 1.29 is 0 Å². The van der Waals surface area contributed by atoms with Gasteiger partial charge in [0.05, 0.1) is 28.3 Å². The summed E-state index contributed by atoms with van der Waals surface area (Å²) in [4.78, 5) is 0. The molecule has 0 aliphatic rings. The van der Waals surface area contributed by atoms with Gasteiger partial charge in [-0.1, -0.05) is 50.0 Å². The molecule has 23 heavy (non-hydrogen) atoms. The van der Waals surface area contributed by atoms with Crippen molar-refractivity contribution in [2.75, 3.05) is 5.32 Å². The third-order valence-corrected chi connectivity index (χ3v) is 4.52. The molecule has 0 spiro atoms. The molecule has 4 nitrogen and oxygen atoms in total.